The summed E-state index contributed by atoms with van der Waals surface area (Å²) in [5.74, 6) is 1.23. The standard InChI is InChI=1S/C13H15F3N4/c1-3-11-18-12(4-2)20(19-11)8-5-6-10(17)9(7-8)13(14,15)16/h5-7H,3-4,17H2,1-2H3. The lowest BCUT2D eigenvalue weighted by Crippen LogP contribution is -2.11. The molecule has 4 nitrogen and oxygen atoms in total. The zero-order valence-electron chi connectivity index (χ0n) is 11.2. The average Bonchev–Trinajstić information content (AvgIpc) is 2.81. The average molecular weight is 284 g/mol. The van der Waals surface area contributed by atoms with Gasteiger partial charge in [-0.05, 0) is 18.2 Å². The lowest BCUT2D eigenvalue weighted by molar-refractivity contribution is -0.136. The van der Waals surface area contributed by atoms with Gasteiger partial charge in [0.25, 0.3) is 0 Å². The first kappa shape index (κ1) is 14.4. The van der Waals surface area contributed by atoms with Gasteiger partial charge in [-0.1, -0.05) is 13.8 Å². The second kappa shape index (κ2) is 5.15. The summed E-state index contributed by atoms with van der Waals surface area (Å²) in [5, 5.41) is 4.22. The van der Waals surface area contributed by atoms with Gasteiger partial charge in [-0.2, -0.15) is 18.3 Å². The molecule has 0 aliphatic carbocycles. The predicted octanol–water partition coefficient (Wildman–Crippen LogP) is 2.99. The SMILES string of the molecule is CCc1nc(CC)n(-c2ccc(N)c(C(F)(F)F)c2)n1. The van der Waals surface area contributed by atoms with E-state index in [1.165, 1.54) is 16.8 Å². The van der Waals surface area contributed by atoms with E-state index in [0.29, 0.717) is 30.2 Å². The number of hydrogen-bond donors (Lipinski definition) is 1. The monoisotopic (exact) mass is 284 g/mol. The molecular formula is C13H15F3N4. The lowest BCUT2D eigenvalue weighted by Gasteiger charge is -2.12. The van der Waals surface area contributed by atoms with Crippen LogP contribution in [0.3, 0.4) is 0 Å². The van der Waals surface area contributed by atoms with E-state index in [1.54, 1.807) is 0 Å². The van der Waals surface area contributed by atoms with Gasteiger partial charge < -0.3 is 5.73 Å². The van der Waals surface area contributed by atoms with E-state index in [9.17, 15) is 13.2 Å². The van der Waals surface area contributed by atoms with Gasteiger partial charge in [0.1, 0.15) is 5.82 Å². The predicted molar refractivity (Wildman–Crippen MR) is 69.5 cm³/mol. The highest BCUT2D eigenvalue weighted by Gasteiger charge is 2.33. The lowest BCUT2D eigenvalue weighted by atomic mass is 10.1. The number of rotatable bonds is 3. The summed E-state index contributed by atoms with van der Waals surface area (Å²) in [6.07, 6.45) is -3.28. The molecule has 2 aromatic rings. The fraction of sp³-hybridized carbons (Fsp3) is 0.385. The Labute approximate surface area is 114 Å². The molecule has 0 bridgehead atoms. The summed E-state index contributed by atoms with van der Waals surface area (Å²) < 4.78 is 40.1. The molecule has 2 rings (SSSR count). The number of benzene rings is 1. The molecular weight excluding hydrogens is 269 g/mol. The van der Waals surface area contributed by atoms with Gasteiger partial charge in [-0.3, -0.25) is 0 Å². The van der Waals surface area contributed by atoms with Crippen LogP contribution in [0.2, 0.25) is 0 Å². The Hall–Kier alpha value is -2.05. The fourth-order valence-corrected chi connectivity index (χ4v) is 1.90. The van der Waals surface area contributed by atoms with Crippen molar-refractivity contribution >= 4 is 5.69 Å². The van der Waals surface area contributed by atoms with Crippen LogP contribution < -0.4 is 5.73 Å². The van der Waals surface area contributed by atoms with Crippen LogP contribution >= 0.6 is 0 Å². The van der Waals surface area contributed by atoms with E-state index in [2.05, 4.69) is 10.1 Å². The minimum atomic E-state index is -4.49. The molecule has 1 aromatic heterocycles. The molecule has 0 saturated carbocycles. The molecule has 2 N–H and O–H groups in total. The maximum absolute atomic E-state index is 12.9. The quantitative estimate of drug-likeness (QED) is 0.881. The van der Waals surface area contributed by atoms with Crippen molar-refractivity contribution < 1.29 is 13.2 Å². The number of nitrogens with two attached hydrogens (primary N) is 1. The Bertz CT molecular complexity index is 617. The largest absolute Gasteiger partial charge is 0.418 e. The fourth-order valence-electron chi connectivity index (χ4n) is 1.90. The highest BCUT2D eigenvalue weighted by atomic mass is 19.4. The Morgan fingerprint density at radius 3 is 2.45 bits per heavy atom. The molecule has 0 aliphatic heterocycles. The molecule has 1 heterocycles. The molecule has 0 unspecified atom stereocenters. The van der Waals surface area contributed by atoms with E-state index in [1.807, 2.05) is 13.8 Å². The van der Waals surface area contributed by atoms with E-state index < -0.39 is 11.7 Å². The number of alkyl halides is 3. The third-order valence-electron chi connectivity index (χ3n) is 2.94. The third-order valence-corrected chi connectivity index (χ3v) is 2.94. The molecule has 0 fully saturated rings. The highest BCUT2D eigenvalue weighted by molar-refractivity contribution is 5.54. The summed E-state index contributed by atoms with van der Waals surface area (Å²) in [6, 6.07) is 3.76. The molecule has 0 aliphatic rings. The van der Waals surface area contributed by atoms with Crippen molar-refractivity contribution in [1.82, 2.24) is 14.8 Å². The number of anilines is 1. The zero-order valence-corrected chi connectivity index (χ0v) is 11.2. The van der Waals surface area contributed by atoms with Gasteiger partial charge in [-0.15, -0.1) is 0 Å². The summed E-state index contributed by atoms with van der Waals surface area (Å²) >= 11 is 0. The normalized spacial score (nSPS) is 11.8. The smallest absolute Gasteiger partial charge is 0.398 e. The van der Waals surface area contributed by atoms with Gasteiger partial charge in [0.05, 0.1) is 11.3 Å². The number of hydrogen-bond acceptors (Lipinski definition) is 3. The van der Waals surface area contributed by atoms with Gasteiger partial charge >= 0.3 is 6.18 Å². The van der Waals surface area contributed by atoms with Gasteiger partial charge in [0, 0.05) is 18.5 Å². The number of nitrogens with zero attached hydrogens (tertiary/aromatic N) is 3. The van der Waals surface area contributed by atoms with Crippen molar-refractivity contribution in [3.8, 4) is 5.69 Å². The van der Waals surface area contributed by atoms with E-state index in [-0.39, 0.29) is 5.69 Å². The van der Waals surface area contributed by atoms with Crippen molar-refractivity contribution in [3.63, 3.8) is 0 Å². The third kappa shape index (κ3) is 2.61. The van der Waals surface area contributed by atoms with Gasteiger partial charge in [0.2, 0.25) is 0 Å². The molecule has 20 heavy (non-hydrogen) atoms. The van der Waals surface area contributed by atoms with Crippen molar-refractivity contribution in [2.75, 3.05) is 5.73 Å². The Balaban J connectivity index is 2.56. The minimum absolute atomic E-state index is 0.296. The summed E-state index contributed by atoms with van der Waals surface area (Å²) in [4.78, 5) is 4.28. The van der Waals surface area contributed by atoms with Crippen LogP contribution in [0, 0.1) is 0 Å². The molecule has 0 radical (unpaired) electrons. The van der Waals surface area contributed by atoms with Gasteiger partial charge in [-0.25, -0.2) is 9.67 Å². The highest BCUT2D eigenvalue weighted by Crippen LogP contribution is 2.34. The van der Waals surface area contributed by atoms with Crippen molar-refractivity contribution in [1.29, 1.82) is 0 Å². The maximum atomic E-state index is 12.9. The van der Waals surface area contributed by atoms with Crippen LogP contribution in [0.4, 0.5) is 18.9 Å². The summed E-state index contributed by atoms with van der Waals surface area (Å²) in [7, 11) is 0. The molecule has 0 amide bonds. The van der Waals surface area contributed by atoms with Crippen molar-refractivity contribution in [2.24, 2.45) is 0 Å². The zero-order chi connectivity index (χ0) is 14.9. The van der Waals surface area contributed by atoms with Crippen LogP contribution in [0.5, 0.6) is 0 Å². The molecule has 0 spiro atoms. The first-order valence-electron chi connectivity index (χ1n) is 6.28. The van der Waals surface area contributed by atoms with E-state index in [0.717, 1.165) is 6.07 Å². The molecule has 0 atom stereocenters. The first-order chi connectivity index (χ1) is 9.36. The first-order valence-corrected chi connectivity index (χ1v) is 6.28. The van der Waals surface area contributed by atoms with E-state index in [4.69, 9.17) is 5.73 Å². The van der Waals surface area contributed by atoms with Crippen LogP contribution in [0.15, 0.2) is 18.2 Å². The van der Waals surface area contributed by atoms with Crippen LogP contribution in [-0.2, 0) is 19.0 Å². The van der Waals surface area contributed by atoms with Crippen LogP contribution in [0.25, 0.3) is 5.69 Å². The molecule has 108 valence electrons. The number of halogens is 3. The van der Waals surface area contributed by atoms with Crippen molar-refractivity contribution in [3.05, 3.63) is 35.4 Å². The van der Waals surface area contributed by atoms with Gasteiger partial charge in [0.15, 0.2) is 5.82 Å². The van der Waals surface area contributed by atoms with Crippen LogP contribution in [0.1, 0.15) is 31.1 Å². The second-order valence-corrected chi connectivity index (χ2v) is 4.33. The number of nitrogen functional groups attached to an aromatic ring is 1. The van der Waals surface area contributed by atoms with Crippen molar-refractivity contribution in [2.45, 2.75) is 32.9 Å². The Kier molecular flexibility index (Phi) is 3.69. The maximum Gasteiger partial charge on any atom is 0.418 e. The Morgan fingerprint density at radius 1 is 1.20 bits per heavy atom. The summed E-state index contributed by atoms with van der Waals surface area (Å²) in [6.45, 7) is 3.77. The topological polar surface area (TPSA) is 56.7 Å². The minimum Gasteiger partial charge on any atom is -0.398 e. The second-order valence-electron chi connectivity index (χ2n) is 4.33. The Morgan fingerprint density at radius 2 is 1.90 bits per heavy atom. The molecule has 1 aromatic carbocycles. The number of aromatic nitrogens is 3. The van der Waals surface area contributed by atoms with E-state index >= 15 is 0 Å². The molecule has 7 heteroatoms. The number of aryl methyl sites for hydroxylation is 2. The summed E-state index contributed by atoms with van der Waals surface area (Å²) in [5.41, 5.74) is 4.55. The van der Waals surface area contributed by atoms with Crippen LogP contribution in [-0.4, -0.2) is 14.8 Å². The molecule has 0 saturated heterocycles.